The summed E-state index contributed by atoms with van der Waals surface area (Å²) in [4.78, 5) is 2.31. The summed E-state index contributed by atoms with van der Waals surface area (Å²) in [7, 11) is 2.16. The quantitative estimate of drug-likeness (QED) is 0.863. The second kappa shape index (κ2) is 6.31. The minimum Gasteiger partial charge on any atom is -0.370 e. The summed E-state index contributed by atoms with van der Waals surface area (Å²) in [6, 6.07) is 18.3. The van der Waals surface area contributed by atoms with Crippen molar-refractivity contribution in [2.45, 2.75) is 38.9 Å². The minimum atomic E-state index is 0.772. The Hall–Kier alpha value is -1.80. The lowest BCUT2D eigenvalue weighted by Crippen LogP contribution is -2.18. The van der Waals surface area contributed by atoms with Crippen molar-refractivity contribution >= 4 is 5.69 Å². The topological polar surface area (TPSA) is 15.3 Å². The maximum Gasteiger partial charge on any atom is 0.0428 e. The van der Waals surface area contributed by atoms with Crippen molar-refractivity contribution in [3.63, 3.8) is 0 Å². The van der Waals surface area contributed by atoms with Crippen LogP contribution in [0.3, 0.4) is 0 Å². The van der Waals surface area contributed by atoms with Gasteiger partial charge in [0.2, 0.25) is 0 Å². The highest BCUT2D eigenvalue weighted by Crippen LogP contribution is 2.21. The van der Waals surface area contributed by atoms with E-state index in [4.69, 9.17) is 0 Å². The molecule has 0 aliphatic heterocycles. The van der Waals surface area contributed by atoms with Crippen LogP contribution in [0.2, 0.25) is 0 Å². The Morgan fingerprint density at radius 2 is 1.76 bits per heavy atom. The molecule has 0 saturated heterocycles. The van der Waals surface area contributed by atoms with Crippen molar-refractivity contribution in [1.82, 2.24) is 5.32 Å². The van der Waals surface area contributed by atoms with Crippen LogP contribution in [0.25, 0.3) is 0 Å². The third-order valence-electron chi connectivity index (χ3n) is 4.22. The number of anilines is 1. The Balaban J connectivity index is 1.61. The van der Waals surface area contributed by atoms with E-state index < -0.39 is 0 Å². The zero-order valence-corrected chi connectivity index (χ0v) is 13.0. The molecule has 110 valence electrons. The molecule has 0 bridgehead atoms. The van der Waals surface area contributed by atoms with Crippen LogP contribution in [-0.4, -0.2) is 13.1 Å². The Labute approximate surface area is 127 Å². The number of aryl methyl sites for hydroxylation is 1. The number of nitrogens with one attached hydrogen (secondary N) is 1. The molecular formula is C19H24N2. The standard InChI is InChI=1S/C19H24N2/c1-15-5-3-4-6-17(15)14-21(2)19-11-7-16(8-12-19)13-20-18-9-10-18/h3-8,11-12,18,20H,9-10,13-14H2,1-2H3. The predicted octanol–water partition coefficient (Wildman–Crippen LogP) is 3.88. The molecular weight excluding hydrogens is 256 g/mol. The van der Waals surface area contributed by atoms with Gasteiger partial charge in [0.25, 0.3) is 0 Å². The summed E-state index contributed by atoms with van der Waals surface area (Å²) in [5.74, 6) is 0. The molecule has 1 N–H and O–H groups in total. The number of hydrogen-bond acceptors (Lipinski definition) is 2. The lowest BCUT2D eigenvalue weighted by molar-refractivity contribution is 0.688. The molecule has 2 heteroatoms. The third kappa shape index (κ3) is 3.85. The highest BCUT2D eigenvalue weighted by molar-refractivity contribution is 5.48. The molecule has 0 aromatic heterocycles. The van der Waals surface area contributed by atoms with Crippen molar-refractivity contribution in [1.29, 1.82) is 0 Å². The second-order valence-corrected chi connectivity index (χ2v) is 6.10. The summed E-state index contributed by atoms with van der Waals surface area (Å²) in [6.07, 6.45) is 2.69. The number of rotatable bonds is 6. The van der Waals surface area contributed by atoms with Gasteiger partial charge in [-0.05, 0) is 48.6 Å². The lowest BCUT2D eigenvalue weighted by atomic mass is 10.1. The smallest absolute Gasteiger partial charge is 0.0428 e. The molecule has 1 saturated carbocycles. The molecule has 3 rings (SSSR count). The monoisotopic (exact) mass is 280 g/mol. The van der Waals surface area contributed by atoms with Crippen LogP contribution in [0.15, 0.2) is 48.5 Å². The fraction of sp³-hybridized carbons (Fsp3) is 0.368. The van der Waals surface area contributed by atoms with Crippen LogP contribution in [0.4, 0.5) is 5.69 Å². The van der Waals surface area contributed by atoms with E-state index in [0.29, 0.717) is 0 Å². The first-order chi connectivity index (χ1) is 10.2. The zero-order valence-electron chi connectivity index (χ0n) is 13.0. The van der Waals surface area contributed by atoms with E-state index in [9.17, 15) is 0 Å². The molecule has 2 aromatic carbocycles. The van der Waals surface area contributed by atoms with Gasteiger partial charge in [0, 0.05) is 31.9 Å². The van der Waals surface area contributed by atoms with Gasteiger partial charge in [-0.2, -0.15) is 0 Å². The summed E-state index contributed by atoms with van der Waals surface area (Å²) in [6.45, 7) is 4.12. The molecule has 1 aliphatic carbocycles. The Morgan fingerprint density at radius 1 is 1.05 bits per heavy atom. The van der Waals surface area contributed by atoms with Gasteiger partial charge >= 0.3 is 0 Å². The van der Waals surface area contributed by atoms with E-state index in [1.165, 1.54) is 35.2 Å². The van der Waals surface area contributed by atoms with E-state index in [-0.39, 0.29) is 0 Å². The molecule has 0 spiro atoms. The van der Waals surface area contributed by atoms with E-state index >= 15 is 0 Å². The van der Waals surface area contributed by atoms with Gasteiger partial charge in [0.05, 0.1) is 0 Å². The Morgan fingerprint density at radius 3 is 2.43 bits per heavy atom. The molecule has 1 aliphatic rings. The fourth-order valence-electron chi connectivity index (χ4n) is 2.55. The van der Waals surface area contributed by atoms with E-state index in [1.807, 2.05) is 0 Å². The Bertz CT molecular complexity index is 585. The molecule has 1 fully saturated rings. The van der Waals surface area contributed by atoms with Gasteiger partial charge in [-0.15, -0.1) is 0 Å². The van der Waals surface area contributed by atoms with Crippen molar-refractivity contribution in [3.05, 3.63) is 65.2 Å². The van der Waals surface area contributed by atoms with Crippen LogP contribution in [0.1, 0.15) is 29.5 Å². The lowest BCUT2D eigenvalue weighted by Gasteiger charge is -2.21. The Kier molecular flexibility index (Phi) is 4.26. The highest BCUT2D eigenvalue weighted by Gasteiger charge is 2.19. The van der Waals surface area contributed by atoms with Crippen LogP contribution >= 0.6 is 0 Å². The predicted molar refractivity (Wildman–Crippen MR) is 89.6 cm³/mol. The number of nitrogens with zero attached hydrogens (tertiary/aromatic N) is 1. The maximum absolute atomic E-state index is 3.56. The van der Waals surface area contributed by atoms with E-state index in [2.05, 4.69) is 72.7 Å². The third-order valence-corrected chi connectivity index (χ3v) is 4.22. The van der Waals surface area contributed by atoms with Gasteiger partial charge < -0.3 is 10.2 Å². The van der Waals surface area contributed by atoms with Crippen LogP contribution in [0, 0.1) is 6.92 Å². The molecule has 0 radical (unpaired) electrons. The second-order valence-electron chi connectivity index (χ2n) is 6.10. The van der Waals surface area contributed by atoms with Gasteiger partial charge in [-0.3, -0.25) is 0 Å². The molecule has 2 aromatic rings. The summed E-state index contributed by atoms with van der Waals surface area (Å²) in [5.41, 5.74) is 5.39. The minimum absolute atomic E-state index is 0.772. The highest BCUT2D eigenvalue weighted by atomic mass is 15.1. The van der Waals surface area contributed by atoms with E-state index in [1.54, 1.807) is 0 Å². The molecule has 2 nitrogen and oxygen atoms in total. The normalized spacial score (nSPS) is 14.2. The zero-order chi connectivity index (χ0) is 14.7. The largest absolute Gasteiger partial charge is 0.370 e. The summed E-state index contributed by atoms with van der Waals surface area (Å²) in [5, 5.41) is 3.56. The first kappa shape index (κ1) is 14.2. The van der Waals surface area contributed by atoms with Gasteiger partial charge in [0.15, 0.2) is 0 Å². The first-order valence-corrected chi connectivity index (χ1v) is 7.80. The SMILES string of the molecule is Cc1ccccc1CN(C)c1ccc(CNC2CC2)cc1. The average Bonchev–Trinajstić information content (AvgIpc) is 3.32. The first-order valence-electron chi connectivity index (χ1n) is 7.80. The summed E-state index contributed by atoms with van der Waals surface area (Å²) < 4.78 is 0. The van der Waals surface area contributed by atoms with Crippen molar-refractivity contribution < 1.29 is 0 Å². The average molecular weight is 280 g/mol. The van der Waals surface area contributed by atoms with Gasteiger partial charge in [-0.1, -0.05) is 36.4 Å². The van der Waals surface area contributed by atoms with E-state index in [0.717, 1.165) is 19.1 Å². The molecule has 0 heterocycles. The van der Waals surface area contributed by atoms with Crippen LogP contribution in [-0.2, 0) is 13.1 Å². The van der Waals surface area contributed by atoms with Crippen LogP contribution < -0.4 is 10.2 Å². The van der Waals surface area contributed by atoms with Gasteiger partial charge in [0.1, 0.15) is 0 Å². The molecule has 21 heavy (non-hydrogen) atoms. The van der Waals surface area contributed by atoms with Crippen LogP contribution in [0.5, 0.6) is 0 Å². The molecule has 0 unspecified atom stereocenters. The molecule has 0 amide bonds. The van der Waals surface area contributed by atoms with Gasteiger partial charge in [-0.25, -0.2) is 0 Å². The molecule has 0 atom stereocenters. The van der Waals surface area contributed by atoms with Crippen molar-refractivity contribution in [2.24, 2.45) is 0 Å². The number of benzene rings is 2. The fourth-order valence-corrected chi connectivity index (χ4v) is 2.55. The summed E-state index contributed by atoms with van der Waals surface area (Å²) >= 11 is 0. The van der Waals surface area contributed by atoms with Crippen molar-refractivity contribution in [2.75, 3.05) is 11.9 Å². The van der Waals surface area contributed by atoms with Crippen molar-refractivity contribution in [3.8, 4) is 0 Å². The number of hydrogen-bond donors (Lipinski definition) is 1. The maximum atomic E-state index is 3.56.